The number of rotatable bonds is 3. The molecule has 7 heteroatoms. The van der Waals surface area contributed by atoms with Crippen LogP contribution in [0.3, 0.4) is 0 Å². The van der Waals surface area contributed by atoms with Crippen LogP contribution < -0.4 is 10.6 Å². The molecule has 0 bridgehead atoms. The zero-order valence-electron chi connectivity index (χ0n) is 9.70. The average Bonchev–Trinajstić information content (AvgIpc) is 2.78. The maximum Gasteiger partial charge on any atom is 0.345 e. The summed E-state index contributed by atoms with van der Waals surface area (Å²) < 4.78 is 0. The van der Waals surface area contributed by atoms with Gasteiger partial charge < -0.3 is 10.6 Å². The molecule has 1 aliphatic rings. The summed E-state index contributed by atoms with van der Waals surface area (Å²) in [4.78, 5) is 16.5. The predicted octanol–water partition coefficient (Wildman–Crippen LogP) is 1.61. The van der Waals surface area contributed by atoms with Gasteiger partial charge in [0.05, 0.1) is 4.92 Å². The van der Waals surface area contributed by atoms with Crippen LogP contribution in [0.5, 0.6) is 0 Å². The number of thiazole rings is 1. The summed E-state index contributed by atoms with van der Waals surface area (Å²) >= 11 is 1.13. The minimum absolute atomic E-state index is 0.0920. The molecule has 1 fully saturated rings. The third kappa shape index (κ3) is 2.55. The predicted molar refractivity (Wildman–Crippen MR) is 67.4 cm³/mol. The molecule has 1 aliphatic heterocycles. The van der Waals surface area contributed by atoms with Crippen molar-refractivity contribution < 1.29 is 4.92 Å². The Morgan fingerprint density at radius 1 is 1.76 bits per heavy atom. The number of piperidine rings is 1. The fraction of sp³-hybridized carbons (Fsp3) is 0.700. The van der Waals surface area contributed by atoms with E-state index >= 15 is 0 Å². The molecule has 0 radical (unpaired) electrons. The summed E-state index contributed by atoms with van der Waals surface area (Å²) in [5.74, 6) is 0.662. The quantitative estimate of drug-likeness (QED) is 0.656. The molecule has 94 valence electrons. The Labute approximate surface area is 104 Å². The third-order valence-electron chi connectivity index (χ3n) is 3.16. The summed E-state index contributed by atoms with van der Waals surface area (Å²) in [6, 6.07) is 0.254. The molecule has 2 atom stereocenters. The van der Waals surface area contributed by atoms with E-state index in [2.05, 4.69) is 16.8 Å². The topological polar surface area (TPSA) is 85.3 Å². The van der Waals surface area contributed by atoms with Gasteiger partial charge in [0.1, 0.15) is 6.20 Å². The van der Waals surface area contributed by atoms with Crippen LogP contribution in [0, 0.1) is 16.0 Å². The summed E-state index contributed by atoms with van der Waals surface area (Å²) in [6.45, 7) is 3.66. The second kappa shape index (κ2) is 4.97. The number of nitrogens with two attached hydrogens (primary N) is 1. The Bertz CT molecular complexity index is 409. The second-order valence-corrected chi connectivity index (χ2v) is 5.44. The lowest BCUT2D eigenvalue weighted by Crippen LogP contribution is -2.46. The maximum absolute atomic E-state index is 10.6. The highest BCUT2D eigenvalue weighted by molar-refractivity contribution is 7.18. The monoisotopic (exact) mass is 256 g/mol. The Kier molecular flexibility index (Phi) is 3.58. The molecule has 6 nitrogen and oxygen atoms in total. The summed E-state index contributed by atoms with van der Waals surface area (Å²) in [5, 5.41) is 11.4. The fourth-order valence-corrected chi connectivity index (χ4v) is 3.03. The van der Waals surface area contributed by atoms with Crippen molar-refractivity contribution >= 4 is 21.5 Å². The van der Waals surface area contributed by atoms with Crippen molar-refractivity contribution in [2.45, 2.75) is 25.8 Å². The largest absolute Gasteiger partial charge is 0.345 e. The van der Waals surface area contributed by atoms with Crippen LogP contribution in [-0.4, -0.2) is 29.0 Å². The van der Waals surface area contributed by atoms with Crippen molar-refractivity contribution in [3.05, 3.63) is 16.3 Å². The first kappa shape index (κ1) is 12.3. The number of nitro groups is 1. The molecule has 1 aromatic rings. The zero-order chi connectivity index (χ0) is 12.4. The van der Waals surface area contributed by atoms with Crippen LogP contribution in [0.15, 0.2) is 6.20 Å². The Morgan fingerprint density at radius 3 is 3.12 bits per heavy atom. The number of anilines is 1. The lowest BCUT2D eigenvalue weighted by molar-refractivity contribution is -0.380. The van der Waals surface area contributed by atoms with E-state index in [4.69, 9.17) is 5.73 Å². The van der Waals surface area contributed by atoms with Crippen molar-refractivity contribution in [2.24, 2.45) is 11.7 Å². The first-order valence-electron chi connectivity index (χ1n) is 5.68. The van der Waals surface area contributed by atoms with Gasteiger partial charge in [-0.3, -0.25) is 10.1 Å². The minimum atomic E-state index is -0.398. The van der Waals surface area contributed by atoms with Crippen molar-refractivity contribution in [1.82, 2.24) is 4.98 Å². The average molecular weight is 256 g/mol. The third-order valence-corrected chi connectivity index (χ3v) is 4.14. The molecule has 0 aliphatic carbocycles. The zero-order valence-corrected chi connectivity index (χ0v) is 10.5. The summed E-state index contributed by atoms with van der Waals surface area (Å²) in [6.07, 6.45) is 3.44. The van der Waals surface area contributed by atoms with Gasteiger partial charge in [-0.15, -0.1) is 0 Å². The summed E-state index contributed by atoms with van der Waals surface area (Å²) in [7, 11) is 0. The van der Waals surface area contributed by atoms with Crippen molar-refractivity contribution in [3.63, 3.8) is 0 Å². The van der Waals surface area contributed by atoms with E-state index in [1.165, 1.54) is 6.20 Å². The lowest BCUT2D eigenvalue weighted by Gasteiger charge is -2.37. The van der Waals surface area contributed by atoms with Gasteiger partial charge in [0, 0.05) is 19.1 Å². The van der Waals surface area contributed by atoms with Crippen LogP contribution in [-0.2, 0) is 0 Å². The highest BCUT2D eigenvalue weighted by Gasteiger charge is 2.28. The van der Waals surface area contributed by atoms with E-state index in [1.54, 1.807) is 0 Å². The smallest absolute Gasteiger partial charge is 0.344 e. The maximum atomic E-state index is 10.6. The number of aromatic nitrogens is 1. The van der Waals surface area contributed by atoms with Gasteiger partial charge in [-0.25, -0.2) is 4.98 Å². The van der Waals surface area contributed by atoms with Crippen molar-refractivity contribution in [2.75, 3.05) is 18.0 Å². The van der Waals surface area contributed by atoms with E-state index < -0.39 is 4.92 Å². The first-order chi connectivity index (χ1) is 8.11. The summed E-state index contributed by atoms with van der Waals surface area (Å²) in [5.41, 5.74) is 5.76. The molecule has 1 aromatic heterocycles. The number of hydrogen-bond donors (Lipinski definition) is 1. The van der Waals surface area contributed by atoms with E-state index in [0.717, 1.165) is 35.9 Å². The lowest BCUT2D eigenvalue weighted by atomic mass is 9.93. The fourth-order valence-electron chi connectivity index (χ4n) is 2.20. The van der Waals surface area contributed by atoms with Gasteiger partial charge in [0.25, 0.3) is 0 Å². The van der Waals surface area contributed by atoms with Crippen LogP contribution >= 0.6 is 11.3 Å². The molecule has 2 rings (SSSR count). The molecule has 17 heavy (non-hydrogen) atoms. The van der Waals surface area contributed by atoms with E-state index in [-0.39, 0.29) is 11.0 Å². The first-order valence-corrected chi connectivity index (χ1v) is 6.50. The standard InChI is InChI=1S/C10H16N4O2S/c1-7-2-3-13(8(4-7)5-11)10-12-6-9(17-10)14(15)16/h6-8H,2-5,11H2,1H3. The molecule has 0 saturated carbocycles. The SMILES string of the molecule is CC1CCN(c2ncc([N+](=O)[O-])s2)C(CN)C1. The molecule has 2 unspecified atom stereocenters. The van der Waals surface area contributed by atoms with Gasteiger partial charge in [0.15, 0.2) is 5.13 Å². The Balaban J connectivity index is 2.16. The molecule has 0 spiro atoms. The number of nitrogens with zero attached hydrogens (tertiary/aromatic N) is 3. The molecular formula is C10H16N4O2S. The molecule has 1 saturated heterocycles. The van der Waals surface area contributed by atoms with Crippen molar-refractivity contribution in [1.29, 1.82) is 0 Å². The van der Waals surface area contributed by atoms with E-state index in [9.17, 15) is 10.1 Å². The van der Waals surface area contributed by atoms with Gasteiger partial charge in [-0.1, -0.05) is 6.92 Å². The second-order valence-electron chi connectivity index (χ2n) is 4.45. The molecule has 0 aromatic carbocycles. The van der Waals surface area contributed by atoms with Crippen LogP contribution in [0.25, 0.3) is 0 Å². The molecular weight excluding hydrogens is 240 g/mol. The highest BCUT2D eigenvalue weighted by atomic mass is 32.1. The van der Waals surface area contributed by atoms with E-state index in [1.807, 2.05) is 0 Å². The minimum Gasteiger partial charge on any atom is -0.344 e. The van der Waals surface area contributed by atoms with Crippen LogP contribution in [0.2, 0.25) is 0 Å². The van der Waals surface area contributed by atoms with Gasteiger partial charge in [0.2, 0.25) is 0 Å². The van der Waals surface area contributed by atoms with Crippen LogP contribution in [0.1, 0.15) is 19.8 Å². The Morgan fingerprint density at radius 2 is 2.53 bits per heavy atom. The van der Waals surface area contributed by atoms with Gasteiger partial charge >= 0.3 is 5.00 Å². The molecule has 2 N–H and O–H groups in total. The van der Waals surface area contributed by atoms with Gasteiger partial charge in [-0.2, -0.15) is 0 Å². The van der Waals surface area contributed by atoms with Crippen molar-refractivity contribution in [3.8, 4) is 0 Å². The van der Waals surface area contributed by atoms with Crippen LogP contribution in [0.4, 0.5) is 10.1 Å². The molecule has 0 amide bonds. The van der Waals surface area contributed by atoms with Gasteiger partial charge in [-0.05, 0) is 30.1 Å². The normalized spacial score (nSPS) is 24.9. The highest BCUT2D eigenvalue weighted by Crippen LogP contribution is 2.33. The Hall–Kier alpha value is -1.21. The van der Waals surface area contributed by atoms with E-state index in [0.29, 0.717) is 12.5 Å². The number of hydrogen-bond acceptors (Lipinski definition) is 6. The molecule has 2 heterocycles.